The first-order valence-corrected chi connectivity index (χ1v) is 9.88. The van der Waals surface area contributed by atoms with E-state index in [-0.39, 0.29) is 11.3 Å². The molecule has 3 aliphatic rings. The van der Waals surface area contributed by atoms with Gasteiger partial charge in [-0.2, -0.15) is 0 Å². The highest BCUT2D eigenvalue weighted by molar-refractivity contribution is 5.81. The number of ether oxygens (including phenoxy) is 1. The van der Waals surface area contributed by atoms with Crippen molar-refractivity contribution in [2.45, 2.75) is 44.7 Å². The second kappa shape index (κ2) is 7.15. The Hall–Kier alpha value is -2.08. The molecule has 0 aromatic heterocycles. The molecular formula is C21H28N2O4. The van der Waals surface area contributed by atoms with Gasteiger partial charge in [0, 0.05) is 32.1 Å². The van der Waals surface area contributed by atoms with Gasteiger partial charge in [-0.25, -0.2) is 0 Å². The third-order valence-electron chi connectivity index (χ3n) is 6.50. The van der Waals surface area contributed by atoms with Crippen molar-refractivity contribution in [2.75, 3.05) is 26.7 Å². The van der Waals surface area contributed by atoms with E-state index in [1.807, 2.05) is 29.2 Å². The Bertz CT molecular complexity index is 705. The number of carbonyl (C=O) groups is 2. The number of methoxy groups -OCH3 is 1. The smallest absolute Gasteiger partial charge is 0.320 e. The van der Waals surface area contributed by atoms with Crippen LogP contribution in [-0.2, 0) is 16.1 Å². The molecule has 1 aliphatic carbocycles. The molecule has 4 rings (SSSR count). The third-order valence-corrected chi connectivity index (χ3v) is 6.50. The van der Waals surface area contributed by atoms with Crippen molar-refractivity contribution in [1.29, 1.82) is 0 Å². The van der Waals surface area contributed by atoms with Crippen molar-refractivity contribution >= 4 is 11.9 Å². The van der Waals surface area contributed by atoms with Crippen LogP contribution in [0.1, 0.15) is 37.7 Å². The van der Waals surface area contributed by atoms with E-state index >= 15 is 0 Å². The highest BCUT2D eigenvalue weighted by Gasteiger charge is 2.49. The van der Waals surface area contributed by atoms with Crippen LogP contribution >= 0.6 is 0 Å². The first-order valence-electron chi connectivity index (χ1n) is 9.88. The van der Waals surface area contributed by atoms with Crippen molar-refractivity contribution in [3.63, 3.8) is 0 Å². The molecule has 2 heterocycles. The Labute approximate surface area is 160 Å². The molecule has 1 N–H and O–H groups in total. The molecule has 3 fully saturated rings. The van der Waals surface area contributed by atoms with E-state index in [2.05, 4.69) is 4.90 Å². The van der Waals surface area contributed by atoms with Crippen LogP contribution < -0.4 is 4.74 Å². The fraction of sp³-hybridized carbons (Fsp3) is 0.619. The lowest BCUT2D eigenvalue weighted by atomic mass is 9.76. The number of hydrogen-bond acceptors (Lipinski definition) is 4. The Morgan fingerprint density at radius 3 is 2.41 bits per heavy atom. The number of carboxylic acid groups (broad SMARTS) is 1. The zero-order valence-corrected chi connectivity index (χ0v) is 15.9. The maximum absolute atomic E-state index is 12.3. The van der Waals surface area contributed by atoms with Gasteiger partial charge in [-0.1, -0.05) is 12.1 Å². The maximum Gasteiger partial charge on any atom is 0.320 e. The summed E-state index contributed by atoms with van der Waals surface area (Å²) < 4.78 is 5.20. The summed E-state index contributed by atoms with van der Waals surface area (Å²) in [6.07, 6.45) is 4.58. The number of aliphatic carboxylic acids is 1. The molecule has 1 aromatic carbocycles. The Morgan fingerprint density at radius 2 is 1.85 bits per heavy atom. The number of likely N-dealkylation sites (tertiary alicyclic amines) is 2. The van der Waals surface area contributed by atoms with Gasteiger partial charge in [-0.15, -0.1) is 0 Å². The lowest BCUT2D eigenvalue weighted by Crippen LogP contribution is -2.44. The minimum Gasteiger partial charge on any atom is -0.497 e. The standard InChI is InChI=1S/C21H28N2O4/c1-27-17-6-2-15(3-7-17)13-23-14-21(12-18(23)20(25)26)8-10-22(11-9-21)19(24)16-4-5-16/h2-3,6-7,16,18H,4-5,8-14H2,1H3,(H,25,26). The molecule has 1 aromatic rings. The summed E-state index contributed by atoms with van der Waals surface area (Å²) in [5.41, 5.74) is 1.12. The van der Waals surface area contributed by atoms with Crippen LogP contribution in [0.2, 0.25) is 0 Å². The summed E-state index contributed by atoms with van der Waals surface area (Å²) >= 11 is 0. The number of rotatable bonds is 5. The van der Waals surface area contributed by atoms with E-state index < -0.39 is 12.0 Å². The topological polar surface area (TPSA) is 70.1 Å². The highest BCUT2D eigenvalue weighted by atomic mass is 16.5. The Balaban J connectivity index is 1.42. The predicted octanol–water partition coefficient (Wildman–Crippen LogP) is 2.37. The molecule has 1 spiro atoms. The molecule has 2 aliphatic heterocycles. The molecule has 2 saturated heterocycles. The van der Waals surface area contributed by atoms with Gasteiger partial charge >= 0.3 is 5.97 Å². The van der Waals surface area contributed by atoms with Gasteiger partial charge in [0.25, 0.3) is 0 Å². The fourth-order valence-corrected chi connectivity index (χ4v) is 4.67. The zero-order chi connectivity index (χ0) is 19.0. The molecule has 1 unspecified atom stereocenters. The largest absolute Gasteiger partial charge is 0.497 e. The van der Waals surface area contributed by atoms with Crippen molar-refractivity contribution in [3.8, 4) is 5.75 Å². The number of hydrogen-bond donors (Lipinski definition) is 1. The monoisotopic (exact) mass is 372 g/mol. The molecule has 0 bridgehead atoms. The normalized spacial score (nSPS) is 24.9. The minimum absolute atomic E-state index is 0.0237. The molecule has 0 radical (unpaired) electrons. The van der Waals surface area contributed by atoms with Crippen LogP contribution in [0.3, 0.4) is 0 Å². The SMILES string of the molecule is COc1ccc(CN2CC3(CCN(C(=O)C4CC4)CC3)CC2C(=O)O)cc1. The van der Waals surface area contributed by atoms with Crippen LogP contribution in [0, 0.1) is 11.3 Å². The molecule has 1 amide bonds. The number of piperidine rings is 1. The van der Waals surface area contributed by atoms with Crippen LogP contribution in [0.5, 0.6) is 5.75 Å². The average Bonchev–Trinajstić information content (AvgIpc) is 3.46. The summed E-state index contributed by atoms with van der Waals surface area (Å²) in [5, 5.41) is 9.75. The van der Waals surface area contributed by atoms with Gasteiger partial charge in [0.05, 0.1) is 7.11 Å². The Morgan fingerprint density at radius 1 is 1.19 bits per heavy atom. The van der Waals surface area contributed by atoms with E-state index in [4.69, 9.17) is 4.74 Å². The number of benzene rings is 1. The number of amides is 1. The minimum atomic E-state index is -0.739. The van der Waals surface area contributed by atoms with E-state index in [0.29, 0.717) is 18.9 Å². The van der Waals surface area contributed by atoms with Crippen molar-refractivity contribution in [2.24, 2.45) is 11.3 Å². The first kappa shape index (κ1) is 18.3. The van der Waals surface area contributed by atoms with Gasteiger partial charge in [-0.05, 0) is 55.2 Å². The molecule has 1 saturated carbocycles. The van der Waals surface area contributed by atoms with Crippen LogP contribution in [0.15, 0.2) is 24.3 Å². The molecule has 6 heteroatoms. The Kier molecular flexibility index (Phi) is 4.84. The van der Waals surface area contributed by atoms with E-state index in [9.17, 15) is 14.7 Å². The quantitative estimate of drug-likeness (QED) is 0.859. The lowest BCUT2D eigenvalue weighted by molar-refractivity contribution is -0.142. The summed E-state index contributed by atoms with van der Waals surface area (Å²) in [5.74, 6) is 0.643. The zero-order valence-electron chi connectivity index (χ0n) is 15.9. The van der Waals surface area contributed by atoms with Crippen LogP contribution in [0.25, 0.3) is 0 Å². The van der Waals surface area contributed by atoms with Gasteiger partial charge in [-0.3, -0.25) is 14.5 Å². The van der Waals surface area contributed by atoms with E-state index in [0.717, 1.165) is 56.6 Å². The number of carbonyl (C=O) groups excluding carboxylic acids is 1. The molecular weight excluding hydrogens is 344 g/mol. The van der Waals surface area contributed by atoms with E-state index in [1.165, 1.54) is 0 Å². The fourth-order valence-electron chi connectivity index (χ4n) is 4.67. The summed E-state index contributed by atoms with van der Waals surface area (Å²) in [7, 11) is 1.64. The summed E-state index contributed by atoms with van der Waals surface area (Å²) in [6.45, 7) is 2.98. The van der Waals surface area contributed by atoms with Gasteiger partial charge in [0.2, 0.25) is 5.91 Å². The second-order valence-corrected chi connectivity index (χ2v) is 8.41. The van der Waals surface area contributed by atoms with Gasteiger partial charge in [0.1, 0.15) is 11.8 Å². The molecule has 1 atom stereocenters. The molecule has 6 nitrogen and oxygen atoms in total. The predicted molar refractivity (Wildman–Crippen MR) is 100 cm³/mol. The van der Waals surface area contributed by atoms with Gasteiger partial charge in [0.15, 0.2) is 0 Å². The van der Waals surface area contributed by atoms with Crippen LogP contribution in [-0.4, -0.2) is 59.6 Å². The number of nitrogens with zero attached hydrogens (tertiary/aromatic N) is 2. The summed E-state index contributed by atoms with van der Waals surface area (Å²) in [6, 6.07) is 7.38. The maximum atomic E-state index is 12.3. The van der Waals surface area contributed by atoms with Gasteiger partial charge < -0.3 is 14.7 Å². The second-order valence-electron chi connectivity index (χ2n) is 8.41. The van der Waals surface area contributed by atoms with Crippen molar-refractivity contribution in [1.82, 2.24) is 9.80 Å². The number of carboxylic acids is 1. The van der Waals surface area contributed by atoms with E-state index in [1.54, 1.807) is 7.11 Å². The summed E-state index contributed by atoms with van der Waals surface area (Å²) in [4.78, 5) is 28.3. The van der Waals surface area contributed by atoms with Crippen molar-refractivity contribution < 1.29 is 19.4 Å². The average molecular weight is 372 g/mol. The highest BCUT2D eigenvalue weighted by Crippen LogP contribution is 2.45. The van der Waals surface area contributed by atoms with Crippen molar-refractivity contribution in [3.05, 3.63) is 29.8 Å². The first-order chi connectivity index (χ1) is 13.0. The molecule has 146 valence electrons. The van der Waals surface area contributed by atoms with Crippen LogP contribution in [0.4, 0.5) is 0 Å². The lowest BCUT2D eigenvalue weighted by Gasteiger charge is -2.39. The third kappa shape index (κ3) is 3.81. The molecule has 27 heavy (non-hydrogen) atoms.